The Kier molecular flexibility index (Phi) is 6.52. The molecule has 0 aliphatic carbocycles. The molecule has 0 radical (unpaired) electrons. The van der Waals surface area contributed by atoms with Gasteiger partial charge in [0, 0.05) is 26.2 Å². The number of carbonyl (C=O) groups is 1. The van der Waals surface area contributed by atoms with Crippen LogP contribution in [-0.2, 0) is 14.8 Å². The molecule has 0 bridgehead atoms. The standard InChI is InChI=1S/C21H30N4O4S/c1-14(2)18-6-8-19(9-7-18)29-17(5)21(26)24-10-12-25(13-11-24)30(27,28)20-15(3)22-23-16(20)4/h6-9,14,17H,10-13H2,1-5H3,(H,22,23). The fourth-order valence-electron chi connectivity index (χ4n) is 3.64. The number of aromatic amines is 1. The van der Waals surface area contributed by atoms with Crippen LogP contribution < -0.4 is 4.74 Å². The highest BCUT2D eigenvalue weighted by Gasteiger charge is 2.34. The number of carbonyl (C=O) groups excluding carboxylic acids is 1. The van der Waals surface area contributed by atoms with E-state index in [1.165, 1.54) is 9.87 Å². The van der Waals surface area contributed by atoms with Crippen molar-refractivity contribution in [3.05, 3.63) is 41.2 Å². The highest BCUT2D eigenvalue weighted by molar-refractivity contribution is 7.89. The summed E-state index contributed by atoms with van der Waals surface area (Å²) < 4.78 is 33.1. The van der Waals surface area contributed by atoms with E-state index < -0.39 is 16.1 Å². The second-order valence-electron chi connectivity index (χ2n) is 7.98. The van der Waals surface area contributed by atoms with E-state index in [0.717, 1.165) is 0 Å². The van der Waals surface area contributed by atoms with Crippen molar-refractivity contribution in [1.29, 1.82) is 0 Å². The van der Waals surface area contributed by atoms with Crippen LogP contribution in [0.1, 0.15) is 43.6 Å². The van der Waals surface area contributed by atoms with Crippen molar-refractivity contribution < 1.29 is 17.9 Å². The summed E-state index contributed by atoms with van der Waals surface area (Å²) in [6.45, 7) is 10.5. The minimum Gasteiger partial charge on any atom is -0.481 e. The number of nitrogens with zero attached hydrogens (tertiary/aromatic N) is 3. The first-order chi connectivity index (χ1) is 14.1. The van der Waals surface area contributed by atoms with E-state index in [9.17, 15) is 13.2 Å². The molecule has 1 saturated heterocycles. The molecule has 1 fully saturated rings. The number of hydrogen-bond donors (Lipinski definition) is 1. The van der Waals surface area contributed by atoms with E-state index in [2.05, 4.69) is 24.0 Å². The van der Waals surface area contributed by atoms with Gasteiger partial charge < -0.3 is 9.64 Å². The molecule has 1 N–H and O–H groups in total. The summed E-state index contributed by atoms with van der Waals surface area (Å²) in [5.41, 5.74) is 2.19. The average Bonchev–Trinajstić information content (AvgIpc) is 3.06. The lowest BCUT2D eigenvalue weighted by atomic mass is 10.0. The number of benzene rings is 1. The molecule has 3 rings (SSSR count). The Morgan fingerprint density at radius 1 is 1.07 bits per heavy atom. The number of nitrogens with one attached hydrogen (secondary N) is 1. The summed E-state index contributed by atoms with van der Waals surface area (Å²) >= 11 is 0. The Morgan fingerprint density at radius 3 is 2.17 bits per heavy atom. The smallest absolute Gasteiger partial charge is 0.263 e. The van der Waals surface area contributed by atoms with Crippen molar-refractivity contribution in [2.24, 2.45) is 0 Å². The van der Waals surface area contributed by atoms with Crippen LogP contribution in [0.15, 0.2) is 29.2 Å². The van der Waals surface area contributed by atoms with E-state index in [1.54, 1.807) is 25.7 Å². The van der Waals surface area contributed by atoms with Gasteiger partial charge in [-0.05, 0) is 44.4 Å². The lowest BCUT2D eigenvalue weighted by Gasteiger charge is -2.35. The number of sulfonamides is 1. The molecule has 164 valence electrons. The highest BCUT2D eigenvalue weighted by Crippen LogP contribution is 2.23. The van der Waals surface area contributed by atoms with Crippen molar-refractivity contribution in [3.8, 4) is 5.75 Å². The van der Waals surface area contributed by atoms with Crippen molar-refractivity contribution in [2.45, 2.75) is 51.5 Å². The Bertz CT molecular complexity index is 971. The Balaban J connectivity index is 1.59. The lowest BCUT2D eigenvalue weighted by molar-refractivity contribution is -0.139. The van der Waals surface area contributed by atoms with Crippen LogP contribution in [0.25, 0.3) is 0 Å². The molecule has 1 amide bonds. The van der Waals surface area contributed by atoms with Gasteiger partial charge in [0.15, 0.2) is 6.10 Å². The van der Waals surface area contributed by atoms with Crippen LogP contribution in [0.5, 0.6) is 5.75 Å². The predicted molar refractivity (Wildman–Crippen MR) is 114 cm³/mol. The average molecular weight is 435 g/mol. The fraction of sp³-hybridized carbons (Fsp3) is 0.524. The minimum absolute atomic E-state index is 0.143. The van der Waals surface area contributed by atoms with Gasteiger partial charge in [0.05, 0.1) is 11.4 Å². The van der Waals surface area contributed by atoms with Crippen LogP contribution in [0.2, 0.25) is 0 Å². The van der Waals surface area contributed by atoms with Gasteiger partial charge in [0.2, 0.25) is 10.0 Å². The maximum Gasteiger partial charge on any atom is 0.263 e. The van der Waals surface area contributed by atoms with Crippen LogP contribution in [0, 0.1) is 13.8 Å². The number of aromatic nitrogens is 2. The minimum atomic E-state index is -3.64. The summed E-state index contributed by atoms with van der Waals surface area (Å²) in [5, 5.41) is 6.71. The number of hydrogen-bond acceptors (Lipinski definition) is 5. The number of amides is 1. The molecule has 1 aliphatic rings. The monoisotopic (exact) mass is 434 g/mol. The molecule has 9 heteroatoms. The van der Waals surface area contributed by atoms with Gasteiger partial charge in [-0.15, -0.1) is 0 Å². The van der Waals surface area contributed by atoms with Crippen molar-refractivity contribution in [2.75, 3.05) is 26.2 Å². The maximum absolute atomic E-state index is 13.0. The zero-order valence-corrected chi connectivity index (χ0v) is 19.0. The number of ether oxygens (including phenoxy) is 1. The second-order valence-corrected chi connectivity index (χ2v) is 9.85. The number of H-pyrrole nitrogens is 1. The lowest BCUT2D eigenvalue weighted by Crippen LogP contribution is -2.53. The maximum atomic E-state index is 13.0. The van der Waals surface area contributed by atoms with E-state index in [1.807, 2.05) is 24.3 Å². The molecule has 1 aromatic heterocycles. The van der Waals surface area contributed by atoms with Gasteiger partial charge in [-0.25, -0.2) is 8.42 Å². The first kappa shape index (κ1) is 22.3. The molecule has 1 unspecified atom stereocenters. The Hall–Kier alpha value is -2.39. The fourth-order valence-corrected chi connectivity index (χ4v) is 5.40. The molecule has 30 heavy (non-hydrogen) atoms. The largest absolute Gasteiger partial charge is 0.481 e. The van der Waals surface area contributed by atoms with Crippen molar-refractivity contribution >= 4 is 15.9 Å². The quantitative estimate of drug-likeness (QED) is 0.753. The molecule has 2 aromatic rings. The molecule has 0 spiro atoms. The Labute approximate surface area is 178 Å². The summed E-state index contributed by atoms with van der Waals surface area (Å²) in [6, 6.07) is 7.75. The predicted octanol–water partition coefficient (Wildman–Crippen LogP) is 2.45. The van der Waals surface area contributed by atoms with E-state index >= 15 is 0 Å². The highest BCUT2D eigenvalue weighted by atomic mass is 32.2. The normalized spacial score (nSPS) is 16.7. The van der Waals surface area contributed by atoms with E-state index in [-0.39, 0.29) is 23.9 Å². The number of rotatable bonds is 6. The molecular weight excluding hydrogens is 404 g/mol. The Morgan fingerprint density at radius 2 is 1.67 bits per heavy atom. The van der Waals surface area contributed by atoms with Crippen LogP contribution in [0.4, 0.5) is 0 Å². The summed E-state index contributed by atoms with van der Waals surface area (Å²) in [7, 11) is -3.64. The van der Waals surface area contributed by atoms with Gasteiger partial charge in [0.1, 0.15) is 10.6 Å². The third-order valence-corrected chi connectivity index (χ3v) is 7.58. The van der Waals surface area contributed by atoms with Crippen molar-refractivity contribution in [3.63, 3.8) is 0 Å². The topological polar surface area (TPSA) is 95.6 Å². The summed E-state index contributed by atoms with van der Waals surface area (Å²) in [5.74, 6) is 0.934. The van der Waals surface area contributed by atoms with E-state index in [4.69, 9.17) is 4.74 Å². The van der Waals surface area contributed by atoms with Gasteiger partial charge >= 0.3 is 0 Å². The first-order valence-corrected chi connectivity index (χ1v) is 11.6. The zero-order chi connectivity index (χ0) is 22.1. The van der Waals surface area contributed by atoms with Crippen LogP contribution in [-0.4, -0.2) is 66.0 Å². The van der Waals surface area contributed by atoms with Crippen LogP contribution >= 0.6 is 0 Å². The van der Waals surface area contributed by atoms with Crippen LogP contribution in [0.3, 0.4) is 0 Å². The molecule has 1 aliphatic heterocycles. The van der Waals surface area contributed by atoms with E-state index in [0.29, 0.717) is 36.1 Å². The summed E-state index contributed by atoms with van der Waals surface area (Å²) in [6.07, 6.45) is -0.642. The molecular formula is C21H30N4O4S. The molecule has 8 nitrogen and oxygen atoms in total. The van der Waals surface area contributed by atoms with Gasteiger partial charge in [-0.3, -0.25) is 9.89 Å². The van der Waals surface area contributed by atoms with Crippen molar-refractivity contribution in [1.82, 2.24) is 19.4 Å². The number of piperazine rings is 1. The molecule has 1 aromatic carbocycles. The van der Waals surface area contributed by atoms with Gasteiger partial charge in [0.25, 0.3) is 5.91 Å². The molecule has 2 heterocycles. The number of aryl methyl sites for hydroxylation is 2. The first-order valence-electron chi connectivity index (χ1n) is 10.2. The van der Waals surface area contributed by atoms with Gasteiger partial charge in [-0.2, -0.15) is 9.40 Å². The third kappa shape index (κ3) is 4.52. The third-order valence-electron chi connectivity index (χ3n) is 5.42. The summed E-state index contributed by atoms with van der Waals surface area (Å²) in [4.78, 5) is 14.7. The SMILES string of the molecule is Cc1n[nH]c(C)c1S(=O)(=O)N1CCN(C(=O)C(C)Oc2ccc(C(C)C)cc2)CC1. The molecule has 0 saturated carbocycles. The molecule has 1 atom stereocenters. The second kappa shape index (κ2) is 8.77. The zero-order valence-electron chi connectivity index (χ0n) is 18.2. The van der Waals surface area contributed by atoms with Gasteiger partial charge in [-0.1, -0.05) is 26.0 Å².